The van der Waals surface area contributed by atoms with Crippen molar-refractivity contribution in [3.8, 4) is 0 Å². The number of halogens is 1. The van der Waals surface area contributed by atoms with Crippen molar-refractivity contribution in [2.75, 3.05) is 36.0 Å². The van der Waals surface area contributed by atoms with E-state index in [0.717, 1.165) is 36.5 Å². The molecule has 1 aliphatic rings. The first-order valence-electron chi connectivity index (χ1n) is 7.32. The van der Waals surface area contributed by atoms with Crippen LogP contribution >= 0.6 is 15.9 Å². The molecule has 1 aliphatic heterocycles. The number of anilines is 2. The van der Waals surface area contributed by atoms with Crippen LogP contribution in [0, 0.1) is 13.8 Å². The summed E-state index contributed by atoms with van der Waals surface area (Å²) in [5.41, 5.74) is 3.88. The van der Waals surface area contributed by atoms with E-state index in [9.17, 15) is 0 Å². The minimum atomic E-state index is 1.02. The highest BCUT2D eigenvalue weighted by Crippen LogP contribution is 2.24. The highest BCUT2D eigenvalue weighted by Gasteiger charge is 2.19. The van der Waals surface area contributed by atoms with Crippen LogP contribution in [-0.4, -0.2) is 31.2 Å². The normalized spacial score (nSPS) is 15.4. The molecule has 3 nitrogen and oxygen atoms in total. The zero-order valence-electron chi connectivity index (χ0n) is 12.5. The Balaban J connectivity index is 1.70. The topological polar surface area (TPSA) is 19.4 Å². The second-order valence-electron chi connectivity index (χ2n) is 5.61. The van der Waals surface area contributed by atoms with Gasteiger partial charge in [-0.05, 0) is 59.1 Å². The molecule has 1 aromatic carbocycles. The Morgan fingerprint density at radius 2 is 1.71 bits per heavy atom. The Hall–Kier alpha value is -1.55. The van der Waals surface area contributed by atoms with Crippen molar-refractivity contribution in [2.45, 2.75) is 13.8 Å². The minimum absolute atomic E-state index is 1.02. The molecular formula is C17H20BrN3. The number of nitrogens with zero attached hydrogens (tertiary/aromatic N) is 3. The largest absolute Gasteiger partial charge is 0.368 e. The van der Waals surface area contributed by atoms with Crippen LogP contribution in [-0.2, 0) is 0 Å². The van der Waals surface area contributed by atoms with Crippen LogP contribution in [0.5, 0.6) is 0 Å². The maximum Gasteiger partial charge on any atom is 0.131 e. The lowest BCUT2D eigenvalue weighted by Gasteiger charge is -2.37. The Labute approximate surface area is 134 Å². The summed E-state index contributed by atoms with van der Waals surface area (Å²) in [6.45, 7) is 8.39. The van der Waals surface area contributed by atoms with E-state index in [1.54, 1.807) is 0 Å². The fourth-order valence-corrected chi connectivity index (χ4v) is 3.31. The van der Waals surface area contributed by atoms with Crippen LogP contribution in [0.1, 0.15) is 11.1 Å². The zero-order valence-corrected chi connectivity index (χ0v) is 14.1. The molecule has 0 aliphatic carbocycles. The fraction of sp³-hybridized carbons (Fsp3) is 0.353. The van der Waals surface area contributed by atoms with Crippen molar-refractivity contribution < 1.29 is 0 Å². The van der Waals surface area contributed by atoms with Crippen LogP contribution in [0.4, 0.5) is 11.5 Å². The van der Waals surface area contributed by atoms with Crippen LogP contribution in [0.2, 0.25) is 0 Å². The summed E-state index contributed by atoms with van der Waals surface area (Å²) in [4.78, 5) is 9.41. The molecule has 0 N–H and O–H groups in total. The summed E-state index contributed by atoms with van der Waals surface area (Å²) < 4.78 is 1.04. The number of hydrogen-bond acceptors (Lipinski definition) is 3. The molecule has 0 unspecified atom stereocenters. The first-order chi connectivity index (χ1) is 10.1. The third kappa shape index (κ3) is 3.21. The van der Waals surface area contributed by atoms with E-state index in [0.29, 0.717) is 0 Å². The average molecular weight is 346 g/mol. The standard InChI is InChI=1S/C17H20BrN3/c1-13-4-3-5-16(10-13)20-6-8-21(9-7-20)17-14(2)11-15(18)12-19-17/h3-5,10-12H,6-9H2,1-2H3. The number of hydrogen-bond donors (Lipinski definition) is 0. The maximum absolute atomic E-state index is 4.57. The number of pyridine rings is 1. The number of aromatic nitrogens is 1. The van der Waals surface area contributed by atoms with E-state index >= 15 is 0 Å². The lowest BCUT2D eigenvalue weighted by atomic mass is 10.2. The van der Waals surface area contributed by atoms with Crippen molar-refractivity contribution in [1.82, 2.24) is 4.98 Å². The highest BCUT2D eigenvalue weighted by molar-refractivity contribution is 9.10. The number of rotatable bonds is 2. The van der Waals surface area contributed by atoms with Gasteiger partial charge in [0, 0.05) is 42.5 Å². The average Bonchev–Trinajstić information content (AvgIpc) is 2.47. The van der Waals surface area contributed by atoms with E-state index in [4.69, 9.17) is 0 Å². The molecule has 0 spiro atoms. The second-order valence-corrected chi connectivity index (χ2v) is 6.52. The van der Waals surface area contributed by atoms with E-state index in [-0.39, 0.29) is 0 Å². The van der Waals surface area contributed by atoms with Gasteiger partial charge in [0.2, 0.25) is 0 Å². The predicted molar refractivity (Wildman–Crippen MR) is 92.3 cm³/mol. The molecule has 3 rings (SSSR count). The van der Waals surface area contributed by atoms with Gasteiger partial charge < -0.3 is 9.80 Å². The molecule has 1 aromatic heterocycles. The fourth-order valence-electron chi connectivity index (χ4n) is 2.87. The molecule has 21 heavy (non-hydrogen) atoms. The molecule has 0 radical (unpaired) electrons. The maximum atomic E-state index is 4.57. The van der Waals surface area contributed by atoms with Crippen LogP contribution < -0.4 is 9.80 Å². The summed E-state index contributed by atoms with van der Waals surface area (Å²) in [5.74, 6) is 1.11. The molecule has 2 aromatic rings. The van der Waals surface area contributed by atoms with Gasteiger partial charge in [-0.1, -0.05) is 12.1 Å². The summed E-state index contributed by atoms with van der Waals surface area (Å²) in [6.07, 6.45) is 1.88. The van der Waals surface area contributed by atoms with Gasteiger partial charge in [-0.2, -0.15) is 0 Å². The van der Waals surface area contributed by atoms with Gasteiger partial charge in [-0.15, -0.1) is 0 Å². The van der Waals surface area contributed by atoms with Crippen molar-refractivity contribution in [3.63, 3.8) is 0 Å². The molecule has 1 fully saturated rings. The van der Waals surface area contributed by atoms with E-state index < -0.39 is 0 Å². The molecule has 4 heteroatoms. The summed E-state index contributed by atoms with van der Waals surface area (Å²) in [7, 11) is 0. The third-order valence-electron chi connectivity index (χ3n) is 3.96. The summed E-state index contributed by atoms with van der Waals surface area (Å²) in [5, 5.41) is 0. The highest BCUT2D eigenvalue weighted by atomic mass is 79.9. The van der Waals surface area contributed by atoms with Crippen LogP contribution in [0.25, 0.3) is 0 Å². The third-order valence-corrected chi connectivity index (χ3v) is 4.40. The molecule has 0 atom stereocenters. The Morgan fingerprint density at radius 3 is 2.38 bits per heavy atom. The molecular weight excluding hydrogens is 326 g/mol. The molecule has 0 saturated carbocycles. The van der Waals surface area contributed by atoms with E-state index in [1.807, 2.05) is 6.20 Å². The van der Waals surface area contributed by atoms with Gasteiger partial charge in [-0.25, -0.2) is 4.98 Å². The first kappa shape index (κ1) is 14.4. The molecule has 1 saturated heterocycles. The van der Waals surface area contributed by atoms with Gasteiger partial charge in [0.1, 0.15) is 5.82 Å². The lowest BCUT2D eigenvalue weighted by molar-refractivity contribution is 0.646. The zero-order chi connectivity index (χ0) is 14.8. The van der Waals surface area contributed by atoms with Crippen molar-refractivity contribution in [1.29, 1.82) is 0 Å². The molecule has 0 amide bonds. The second kappa shape index (κ2) is 6.06. The predicted octanol–water partition coefficient (Wildman–Crippen LogP) is 3.79. The molecule has 110 valence electrons. The smallest absolute Gasteiger partial charge is 0.131 e. The monoisotopic (exact) mass is 345 g/mol. The molecule has 2 heterocycles. The minimum Gasteiger partial charge on any atom is -0.368 e. The lowest BCUT2D eigenvalue weighted by Crippen LogP contribution is -2.47. The van der Waals surface area contributed by atoms with Gasteiger partial charge in [-0.3, -0.25) is 0 Å². The Morgan fingerprint density at radius 1 is 1.00 bits per heavy atom. The van der Waals surface area contributed by atoms with E-state index in [2.05, 4.69) is 74.9 Å². The van der Waals surface area contributed by atoms with Crippen LogP contribution in [0.15, 0.2) is 41.0 Å². The number of benzene rings is 1. The van der Waals surface area contributed by atoms with Crippen LogP contribution in [0.3, 0.4) is 0 Å². The SMILES string of the molecule is Cc1cccc(N2CCN(c3ncc(Br)cc3C)CC2)c1. The van der Waals surface area contributed by atoms with Crippen molar-refractivity contribution in [3.05, 3.63) is 52.1 Å². The number of aryl methyl sites for hydroxylation is 2. The van der Waals surface area contributed by atoms with Crippen molar-refractivity contribution in [2.24, 2.45) is 0 Å². The first-order valence-corrected chi connectivity index (χ1v) is 8.11. The van der Waals surface area contributed by atoms with Gasteiger partial charge in [0.25, 0.3) is 0 Å². The Bertz CT molecular complexity index is 634. The van der Waals surface area contributed by atoms with Gasteiger partial charge in [0.15, 0.2) is 0 Å². The van der Waals surface area contributed by atoms with Gasteiger partial charge in [0.05, 0.1) is 0 Å². The number of piperazine rings is 1. The van der Waals surface area contributed by atoms with Gasteiger partial charge >= 0.3 is 0 Å². The Kier molecular flexibility index (Phi) is 4.15. The molecule has 0 bridgehead atoms. The quantitative estimate of drug-likeness (QED) is 0.825. The summed E-state index contributed by atoms with van der Waals surface area (Å²) >= 11 is 3.48. The summed E-state index contributed by atoms with van der Waals surface area (Å²) in [6, 6.07) is 10.9. The van der Waals surface area contributed by atoms with Crippen molar-refractivity contribution >= 4 is 27.4 Å². The van der Waals surface area contributed by atoms with E-state index in [1.165, 1.54) is 16.8 Å².